The molecule has 2 heterocycles. The molecule has 0 aliphatic carbocycles. The van der Waals surface area contributed by atoms with Crippen molar-refractivity contribution in [3.63, 3.8) is 0 Å². The van der Waals surface area contributed by atoms with Gasteiger partial charge in [-0.05, 0) is 12.3 Å². The van der Waals surface area contributed by atoms with E-state index in [0.29, 0.717) is 5.82 Å². The zero-order valence-electron chi connectivity index (χ0n) is 15.0. The molecule has 0 fully saturated rings. The quantitative estimate of drug-likeness (QED) is 0.627. The highest BCUT2D eigenvalue weighted by Gasteiger charge is 2.35. The SMILES string of the molecule is CCOC(=O)CCS(=O)(=O)NC(c1nc(-c2ncn[nH]2)no1)C(C)(C)C. The van der Waals surface area contributed by atoms with Crippen molar-refractivity contribution in [1.29, 1.82) is 0 Å². The number of carbonyl (C=O) groups excluding carboxylic acids is 1. The van der Waals surface area contributed by atoms with Crippen molar-refractivity contribution in [3.05, 3.63) is 12.2 Å². The summed E-state index contributed by atoms with van der Waals surface area (Å²) in [5, 5.41) is 10.1. The van der Waals surface area contributed by atoms with Gasteiger partial charge in [0.15, 0.2) is 5.82 Å². The molecule has 0 radical (unpaired) electrons. The van der Waals surface area contributed by atoms with Gasteiger partial charge in [0.2, 0.25) is 21.7 Å². The summed E-state index contributed by atoms with van der Waals surface area (Å²) < 4.78 is 37.2. The first-order chi connectivity index (χ1) is 12.1. The third-order valence-electron chi connectivity index (χ3n) is 3.36. The van der Waals surface area contributed by atoms with Crippen LogP contribution in [0.25, 0.3) is 11.6 Å². The molecule has 2 rings (SSSR count). The largest absolute Gasteiger partial charge is 0.466 e. The molecule has 0 amide bonds. The van der Waals surface area contributed by atoms with Crippen molar-refractivity contribution in [3.8, 4) is 11.6 Å². The lowest BCUT2D eigenvalue weighted by Gasteiger charge is -2.28. The van der Waals surface area contributed by atoms with Crippen LogP contribution >= 0.6 is 0 Å². The Labute approximate surface area is 151 Å². The van der Waals surface area contributed by atoms with Gasteiger partial charge in [-0.2, -0.15) is 10.1 Å². The zero-order chi connectivity index (χ0) is 19.4. The number of esters is 1. The molecule has 1 unspecified atom stereocenters. The van der Waals surface area contributed by atoms with Gasteiger partial charge in [0.05, 0.1) is 18.8 Å². The van der Waals surface area contributed by atoms with Gasteiger partial charge in [-0.1, -0.05) is 25.9 Å². The minimum atomic E-state index is -3.78. The fourth-order valence-electron chi connectivity index (χ4n) is 2.05. The molecule has 0 aliphatic rings. The summed E-state index contributed by atoms with van der Waals surface area (Å²) >= 11 is 0. The van der Waals surface area contributed by atoms with E-state index in [4.69, 9.17) is 9.26 Å². The third-order valence-corrected chi connectivity index (χ3v) is 4.70. The van der Waals surface area contributed by atoms with Gasteiger partial charge in [-0.3, -0.25) is 9.89 Å². The summed E-state index contributed by atoms with van der Waals surface area (Å²) in [4.78, 5) is 19.5. The summed E-state index contributed by atoms with van der Waals surface area (Å²) in [7, 11) is -3.78. The Morgan fingerprint density at radius 3 is 2.73 bits per heavy atom. The molecular formula is C14H22N6O5S. The second-order valence-electron chi connectivity index (χ2n) is 6.58. The monoisotopic (exact) mass is 386 g/mol. The maximum Gasteiger partial charge on any atom is 0.306 e. The van der Waals surface area contributed by atoms with E-state index in [9.17, 15) is 13.2 Å². The number of nitrogens with zero attached hydrogens (tertiary/aromatic N) is 4. The standard InChI is InChI=1S/C14H22N6O5S/c1-5-24-9(21)6-7-26(22,23)20-10(14(2,3)4)13-17-12(19-25-13)11-15-8-16-18-11/h8,10,20H,5-7H2,1-4H3,(H,15,16,18). The molecule has 0 aromatic carbocycles. The summed E-state index contributed by atoms with van der Waals surface area (Å²) in [6, 6.07) is -0.793. The van der Waals surface area contributed by atoms with E-state index in [1.807, 2.05) is 20.8 Å². The Hall–Kier alpha value is -2.34. The lowest BCUT2D eigenvalue weighted by Crippen LogP contribution is -2.38. The topological polar surface area (TPSA) is 153 Å². The average Bonchev–Trinajstić information content (AvgIpc) is 3.21. The van der Waals surface area contributed by atoms with Gasteiger partial charge in [0, 0.05) is 0 Å². The molecule has 144 valence electrons. The minimum absolute atomic E-state index is 0.0867. The number of ether oxygens (including phenoxy) is 1. The molecule has 0 saturated heterocycles. The average molecular weight is 386 g/mol. The third kappa shape index (κ3) is 5.33. The molecule has 0 spiro atoms. The van der Waals surface area contributed by atoms with E-state index in [-0.39, 0.29) is 24.7 Å². The highest BCUT2D eigenvalue weighted by Crippen LogP contribution is 2.33. The van der Waals surface area contributed by atoms with Gasteiger partial charge in [-0.15, -0.1) is 0 Å². The molecular weight excluding hydrogens is 364 g/mol. The van der Waals surface area contributed by atoms with E-state index in [1.54, 1.807) is 6.92 Å². The molecule has 26 heavy (non-hydrogen) atoms. The van der Waals surface area contributed by atoms with Crippen molar-refractivity contribution in [2.24, 2.45) is 5.41 Å². The van der Waals surface area contributed by atoms with Crippen LogP contribution in [0.2, 0.25) is 0 Å². The van der Waals surface area contributed by atoms with Crippen LogP contribution in [0.5, 0.6) is 0 Å². The first-order valence-corrected chi connectivity index (χ1v) is 9.62. The lowest BCUT2D eigenvalue weighted by atomic mass is 9.87. The van der Waals surface area contributed by atoms with Gasteiger partial charge in [0.1, 0.15) is 12.4 Å². The first kappa shape index (κ1) is 20.0. The summed E-state index contributed by atoms with van der Waals surface area (Å²) in [5.41, 5.74) is -0.567. The Bertz CT molecular complexity index is 824. The molecule has 2 N–H and O–H groups in total. The van der Waals surface area contributed by atoms with E-state index in [1.165, 1.54) is 6.33 Å². The molecule has 12 heteroatoms. The van der Waals surface area contributed by atoms with Crippen molar-refractivity contribution in [2.75, 3.05) is 12.4 Å². The maximum atomic E-state index is 12.4. The molecule has 11 nitrogen and oxygen atoms in total. The Morgan fingerprint density at radius 1 is 1.42 bits per heavy atom. The van der Waals surface area contributed by atoms with Crippen LogP contribution < -0.4 is 4.72 Å². The molecule has 0 bridgehead atoms. The van der Waals surface area contributed by atoms with Crippen molar-refractivity contribution in [2.45, 2.75) is 40.2 Å². The smallest absolute Gasteiger partial charge is 0.306 e. The fraction of sp³-hybridized carbons (Fsp3) is 0.643. The molecule has 0 saturated carbocycles. The van der Waals surface area contributed by atoms with Gasteiger partial charge in [-0.25, -0.2) is 18.1 Å². The number of H-pyrrole nitrogens is 1. The second kappa shape index (κ2) is 7.91. The van der Waals surface area contributed by atoms with E-state index in [0.717, 1.165) is 0 Å². The highest BCUT2D eigenvalue weighted by molar-refractivity contribution is 7.89. The molecule has 2 aromatic heterocycles. The Balaban J connectivity index is 2.17. The van der Waals surface area contributed by atoms with Crippen molar-refractivity contribution < 1.29 is 22.5 Å². The number of aromatic amines is 1. The minimum Gasteiger partial charge on any atom is -0.466 e. The van der Waals surface area contributed by atoms with Gasteiger partial charge in [0.25, 0.3) is 0 Å². The van der Waals surface area contributed by atoms with Crippen LogP contribution in [-0.2, 0) is 19.6 Å². The Morgan fingerprint density at radius 2 is 2.15 bits per heavy atom. The predicted octanol–water partition coefficient (Wildman–Crippen LogP) is 0.814. The number of carbonyl (C=O) groups is 1. The van der Waals surface area contributed by atoms with Gasteiger partial charge < -0.3 is 9.26 Å². The van der Waals surface area contributed by atoms with Crippen molar-refractivity contribution >= 4 is 16.0 Å². The van der Waals surface area contributed by atoms with Crippen LogP contribution in [0.15, 0.2) is 10.9 Å². The number of aromatic nitrogens is 5. The molecule has 0 aliphatic heterocycles. The number of nitrogens with one attached hydrogen (secondary N) is 2. The number of sulfonamides is 1. The number of hydrogen-bond acceptors (Lipinski definition) is 9. The summed E-state index contributed by atoms with van der Waals surface area (Å²) in [5.74, 6) is -0.420. The van der Waals surface area contributed by atoms with Crippen LogP contribution in [0, 0.1) is 5.41 Å². The van der Waals surface area contributed by atoms with Crippen LogP contribution in [0.3, 0.4) is 0 Å². The maximum absolute atomic E-state index is 12.4. The molecule has 2 aromatic rings. The van der Waals surface area contributed by atoms with E-state index < -0.39 is 33.2 Å². The predicted molar refractivity (Wildman–Crippen MR) is 90.0 cm³/mol. The van der Waals surface area contributed by atoms with E-state index in [2.05, 4.69) is 30.0 Å². The van der Waals surface area contributed by atoms with Gasteiger partial charge >= 0.3 is 5.97 Å². The second-order valence-corrected chi connectivity index (χ2v) is 8.45. The summed E-state index contributed by atoms with van der Waals surface area (Å²) in [6.45, 7) is 7.32. The van der Waals surface area contributed by atoms with Crippen LogP contribution in [0.4, 0.5) is 0 Å². The Kier molecular flexibility index (Phi) is 6.08. The van der Waals surface area contributed by atoms with Crippen molar-refractivity contribution in [1.82, 2.24) is 30.0 Å². The lowest BCUT2D eigenvalue weighted by molar-refractivity contribution is -0.142. The van der Waals surface area contributed by atoms with Crippen LogP contribution in [-0.4, -0.2) is 52.1 Å². The van der Waals surface area contributed by atoms with E-state index >= 15 is 0 Å². The first-order valence-electron chi connectivity index (χ1n) is 7.97. The van der Waals surface area contributed by atoms with Crippen LogP contribution in [0.1, 0.15) is 46.0 Å². The normalized spacial score (nSPS) is 13.5. The summed E-state index contributed by atoms with van der Waals surface area (Å²) in [6.07, 6.45) is 1.05. The fourth-order valence-corrected chi connectivity index (χ4v) is 3.42. The highest BCUT2D eigenvalue weighted by atomic mass is 32.2. The molecule has 1 atom stereocenters. The number of rotatable bonds is 8. The zero-order valence-corrected chi connectivity index (χ0v) is 15.8. The number of hydrogen-bond donors (Lipinski definition) is 2.